The van der Waals surface area contributed by atoms with Crippen molar-refractivity contribution in [2.24, 2.45) is 5.92 Å². The maximum Gasteiger partial charge on any atom is 0.127 e. The van der Waals surface area contributed by atoms with E-state index >= 15 is 0 Å². The van der Waals surface area contributed by atoms with E-state index in [1.165, 1.54) is 5.52 Å². The van der Waals surface area contributed by atoms with E-state index in [2.05, 4.69) is 35.5 Å². The van der Waals surface area contributed by atoms with Gasteiger partial charge in [0.2, 0.25) is 0 Å². The van der Waals surface area contributed by atoms with Gasteiger partial charge < -0.3 is 4.57 Å². The molecule has 92 valence electrons. The van der Waals surface area contributed by atoms with Crippen molar-refractivity contribution in [3.63, 3.8) is 0 Å². The average Bonchev–Trinajstić information content (AvgIpc) is 2.65. The summed E-state index contributed by atoms with van der Waals surface area (Å²) >= 11 is 6.21. The number of imidazole rings is 1. The number of hydrogen-bond donors (Lipinski definition) is 0. The van der Waals surface area contributed by atoms with E-state index in [0.29, 0.717) is 5.92 Å². The van der Waals surface area contributed by atoms with Crippen LogP contribution in [0.2, 0.25) is 0 Å². The van der Waals surface area contributed by atoms with Gasteiger partial charge in [0.15, 0.2) is 0 Å². The normalized spacial score (nSPS) is 13.5. The second-order valence-electron chi connectivity index (χ2n) is 4.91. The molecule has 0 amide bonds. The van der Waals surface area contributed by atoms with Crippen molar-refractivity contribution < 1.29 is 0 Å². The first kappa shape index (κ1) is 12.4. The van der Waals surface area contributed by atoms with Gasteiger partial charge in [-0.3, -0.25) is 0 Å². The highest BCUT2D eigenvalue weighted by Crippen LogP contribution is 2.25. The largest absolute Gasteiger partial charge is 0.327 e. The summed E-state index contributed by atoms with van der Waals surface area (Å²) in [6.07, 6.45) is 1.15. The number of fused-ring (bicyclic) bond motifs is 1. The molecule has 2 rings (SSSR count). The summed E-state index contributed by atoms with van der Waals surface area (Å²) in [5.41, 5.74) is 2.23. The second-order valence-corrected chi connectivity index (χ2v) is 5.56. The maximum atomic E-state index is 6.21. The Balaban J connectivity index is 2.44. The first-order valence-electron chi connectivity index (χ1n) is 6.19. The van der Waals surface area contributed by atoms with Crippen molar-refractivity contribution in [2.45, 2.75) is 39.1 Å². The molecule has 0 aliphatic rings. The van der Waals surface area contributed by atoms with Crippen LogP contribution in [-0.2, 0) is 6.54 Å². The molecule has 0 bridgehead atoms. The zero-order valence-electron chi connectivity index (χ0n) is 10.7. The number of aryl methyl sites for hydroxylation is 1. The molecule has 1 atom stereocenters. The molecule has 0 radical (unpaired) electrons. The lowest BCUT2D eigenvalue weighted by Crippen LogP contribution is -2.06. The van der Waals surface area contributed by atoms with E-state index in [1.54, 1.807) is 0 Å². The zero-order valence-corrected chi connectivity index (χ0v) is 11.4. The predicted octanol–water partition coefficient (Wildman–Crippen LogP) is 4.38. The number of hydrogen-bond acceptors (Lipinski definition) is 1. The molecule has 1 unspecified atom stereocenters. The molecule has 0 fully saturated rings. The van der Waals surface area contributed by atoms with E-state index in [4.69, 9.17) is 11.6 Å². The Morgan fingerprint density at radius 2 is 1.94 bits per heavy atom. The van der Waals surface area contributed by atoms with Gasteiger partial charge in [-0.15, -0.1) is 11.6 Å². The Bertz CT molecular complexity index is 500. The van der Waals surface area contributed by atoms with Gasteiger partial charge in [-0.1, -0.05) is 26.0 Å². The second kappa shape index (κ2) is 5.09. The number of para-hydroxylation sites is 2. The van der Waals surface area contributed by atoms with Crippen LogP contribution in [0.5, 0.6) is 0 Å². The molecular formula is C14H19ClN2. The van der Waals surface area contributed by atoms with Gasteiger partial charge in [-0.25, -0.2) is 4.98 Å². The lowest BCUT2D eigenvalue weighted by Gasteiger charge is -2.11. The maximum absolute atomic E-state index is 6.21. The quantitative estimate of drug-likeness (QED) is 0.737. The Labute approximate surface area is 108 Å². The van der Waals surface area contributed by atoms with Crippen LogP contribution in [-0.4, -0.2) is 9.55 Å². The van der Waals surface area contributed by atoms with Crippen molar-refractivity contribution in [1.82, 2.24) is 9.55 Å². The Morgan fingerprint density at radius 3 is 2.59 bits per heavy atom. The SMILES string of the molecule is CC(C)CCn1c(C(C)Cl)nc2ccccc21. The monoisotopic (exact) mass is 250 g/mol. The van der Waals surface area contributed by atoms with Crippen LogP contribution in [0.1, 0.15) is 38.4 Å². The summed E-state index contributed by atoms with van der Waals surface area (Å²) < 4.78 is 2.26. The minimum atomic E-state index is -0.0467. The number of nitrogens with zero attached hydrogens (tertiary/aromatic N) is 2. The third-order valence-electron chi connectivity index (χ3n) is 2.97. The first-order chi connectivity index (χ1) is 8.09. The highest BCUT2D eigenvalue weighted by atomic mass is 35.5. The number of halogens is 1. The molecule has 0 saturated heterocycles. The van der Waals surface area contributed by atoms with Crippen molar-refractivity contribution in [3.05, 3.63) is 30.1 Å². The molecule has 0 spiro atoms. The van der Waals surface area contributed by atoms with Crippen LogP contribution in [0.15, 0.2) is 24.3 Å². The highest BCUT2D eigenvalue weighted by Gasteiger charge is 2.14. The lowest BCUT2D eigenvalue weighted by molar-refractivity contribution is 0.512. The van der Waals surface area contributed by atoms with Gasteiger partial charge in [0.05, 0.1) is 16.4 Å². The van der Waals surface area contributed by atoms with Gasteiger partial charge in [0, 0.05) is 6.54 Å². The highest BCUT2D eigenvalue weighted by molar-refractivity contribution is 6.20. The fourth-order valence-electron chi connectivity index (χ4n) is 2.02. The van der Waals surface area contributed by atoms with Gasteiger partial charge in [-0.2, -0.15) is 0 Å². The molecule has 1 aromatic heterocycles. The van der Waals surface area contributed by atoms with Crippen molar-refractivity contribution >= 4 is 22.6 Å². The van der Waals surface area contributed by atoms with Crippen LogP contribution in [0, 0.1) is 5.92 Å². The van der Waals surface area contributed by atoms with Gasteiger partial charge in [0.1, 0.15) is 5.82 Å². The van der Waals surface area contributed by atoms with E-state index in [9.17, 15) is 0 Å². The topological polar surface area (TPSA) is 17.8 Å². The number of aromatic nitrogens is 2. The fourth-order valence-corrected chi connectivity index (χ4v) is 2.19. The third-order valence-corrected chi connectivity index (χ3v) is 3.17. The molecule has 3 heteroatoms. The summed E-state index contributed by atoms with van der Waals surface area (Å²) in [5, 5.41) is -0.0467. The summed E-state index contributed by atoms with van der Waals surface area (Å²) in [6.45, 7) is 7.45. The number of benzene rings is 1. The van der Waals surface area contributed by atoms with Crippen LogP contribution in [0.4, 0.5) is 0 Å². The third kappa shape index (κ3) is 2.63. The van der Waals surface area contributed by atoms with Gasteiger partial charge in [-0.05, 0) is 31.4 Å². The number of rotatable bonds is 4. The standard InChI is InChI=1S/C14H19ClN2/c1-10(2)8-9-17-13-7-5-4-6-12(13)16-14(17)11(3)15/h4-7,10-11H,8-9H2,1-3H3. The van der Waals surface area contributed by atoms with Gasteiger partial charge in [0.25, 0.3) is 0 Å². The predicted molar refractivity (Wildman–Crippen MR) is 73.5 cm³/mol. The van der Waals surface area contributed by atoms with Gasteiger partial charge >= 0.3 is 0 Å². The molecule has 0 aliphatic heterocycles. The Kier molecular flexibility index (Phi) is 3.72. The zero-order chi connectivity index (χ0) is 12.4. The molecular weight excluding hydrogens is 232 g/mol. The summed E-state index contributed by atoms with van der Waals surface area (Å²) in [6, 6.07) is 8.23. The molecule has 2 nitrogen and oxygen atoms in total. The Morgan fingerprint density at radius 1 is 1.24 bits per heavy atom. The number of alkyl halides is 1. The molecule has 0 saturated carbocycles. The average molecular weight is 251 g/mol. The van der Waals surface area contributed by atoms with Crippen molar-refractivity contribution in [2.75, 3.05) is 0 Å². The van der Waals surface area contributed by atoms with Crippen LogP contribution in [0.3, 0.4) is 0 Å². The smallest absolute Gasteiger partial charge is 0.127 e. The molecule has 1 heterocycles. The van der Waals surface area contributed by atoms with Crippen molar-refractivity contribution in [3.8, 4) is 0 Å². The summed E-state index contributed by atoms with van der Waals surface area (Å²) in [5.74, 6) is 1.67. The van der Waals surface area contributed by atoms with Crippen LogP contribution in [0.25, 0.3) is 11.0 Å². The van der Waals surface area contributed by atoms with Crippen LogP contribution >= 0.6 is 11.6 Å². The van der Waals surface area contributed by atoms with E-state index in [-0.39, 0.29) is 5.38 Å². The molecule has 0 N–H and O–H groups in total. The molecule has 0 aliphatic carbocycles. The summed E-state index contributed by atoms with van der Waals surface area (Å²) in [4.78, 5) is 4.62. The van der Waals surface area contributed by atoms with Crippen molar-refractivity contribution in [1.29, 1.82) is 0 Å². The fraction of sp³-hybridized carbons (Fsp3) is 0.500. The van der Waals surface area contributed by atoms with E-state index in [0.717, 1.165) is 24.3 Å². The summed E-state index contributed by atoms with van der Waals surface area (Å²) in [7, 11) is 0. The lowest BCUT2D eigenvalue weighted by atomic mass is 10.1. The molecule has 17 heavy (non-hydrogen) atoms. The van der Waals surface area contributed by atoms with E-state index < -0.39 is 0 Å². The first-order valence-corrected chi connectivity index (χ1v) is 6.62. The minimum Gasteiger partial charge on any atom is -0.327 e. The molecule has 2 aromatic rings. The molecule has 1 aromatic carbocycles. The Hall–Kier alpha value is -1.02. The minimum absolute atomic E-state index is 0.0467. The van der Waals surface area contributed by atoms with E-state index in [1.807, 2.05) is 19.1 Å². The van der Waals surface area contributed by atoms with Crippen LogP contribution < -0.4 is 0 Å².